The Morgan fingerprint density at radius 2 is 2.18 bits per heavy atom. The van der Waals surface area contributed by atoms with Gasteiger partial charge in [-0.1, -0.05) is 17.8 Å². The van der Waals surface area contributed by atoms with Crippen LogP contribution in [0.25, 0.3) is 0 Å². The molecule has 4 rings (SSSR count). The first-order valence-corrected chi connectivity index (χ1v) is 8.85. The van der Waals surface area contributed by atoms with Crippen LogP contribution in [-0.4, -0.2) is 21.2 Å². The normalized spacial score (nSPS) is 16.5. The Labute approximate surface area is 134 Å². The molecule has 1 fully saturated rings. The molecule has 114 valence electrons. The van der Waals surface area contributed by atoms with Gasteiger partial charge in [0.1, 0.15) is 0 Å². The molecule has 0 atom stereocenters. The van der Waals surface area contributed by atoms with E-state index in [0.717, 1.165) is 17.3 Å². The SMILES string of the molecule is O=C(CSc1nccn1C1CC1)Nc1ccc2c(c1)CCC2. The molecule has 0 saturated heterocycles. The van der Waals surface area contributed by atoms with Crippen LogP contribution in [0.3, 0.4) is 0 Å². The molecule has 0 spiro atoms. The van der Waals surface area contributed by atoms with Crippen LogP contribution in [0.5, 0.6) is 0 Å². The van der Waals surface area contributed by atoms with Crippen molar-refractivity contribution in [1.29, 1.82) is 0 Å². The second kappa shape index (κ2) is 5.80. The number of nitrogens with one attached hydrogen (secondary N) is 1. The van der Waals surface area contributed by atoms with E-state index < -0.39 is 0 Å². The van der Waals surface area contributed by atoms with Crippen LogP contribution in [0.4, 0.5) is 5.69 Å². The lowest BCUT2D eigenvalue weighted by atomic mass is 10.1. The van der Waals surface area contributed by atoms with Gasteiger partial charge in [0.05, 0.1) is 5.75 Å². The molecule has 2 aliphatic carbocycles. The van der Waals surface area contributed by atoms with Crippen molar-refractivity contribution in [2.24, 2.45) is 0 Å². The Morgan fingerprint density at radius 3 is 3.05 bits per heavy atom. The maximum Gasteiger partial charge on any atom is 0.234 e. The van der Waals surface area contributed by atoms with E-state index in [9.17, 15) is 4.79 Å². The lowest BCUT2D eigenvalue weighted by Gasteiger charge is -2.08. The number of hydrogen-bond acceptors (Lipinski definition) is 3. The number of fused-ring (bicyclic) bond motifs is 1. The van der Waals surface area contributed by atoms with E-state index in [1.165, 1.54) is 48.6 Å². The summed E-state index contributed by atoms with van der Waals surface area (Å²) in [6, 6.07) is 6.88. The number of carbonyl (C=O) groups is 1. The summed E-state index contributed by atoms with van der Waals surface area (Å²) in [5.74, 6) is 0.439. The van der Waals surface area contributed by atoms with Gasteiger partial charge in [-0.25, -0.2) is 4.98 Å². The average molecular weight is 313 g/mol. The fourth-order valence-electron chi connectivity index (χ4n) is 3.02. The monoisotopic (exact) mass is 313 g/mol. The van der Waals surface area contributed by atoms with Gasteiger partial charge < -0.3 is 9.88 Å². The van der Waals surface area contributed by atoms with E-state index in [0.29, 0.717) is 11.8 Å². The lowest BCUT2D eigenvalue weighted by Crippen LogP contribution is -2.14. The highest BCUT2D eigenvalue weighted by Gasteiger charge is 2.25. The number of nitrogens with zero attached hydrogens (tertiary/aromatic N) is 2. The first kappa shape index (κ1) is 13.9. The van der Waals surface area contributed by atoms with Gasteiger partial charge in [0.25, 0.3) is 0 Å². The number of aryl methyl sites for hydroxylation is 2. The zero-order chi connectivity index (χ0) is 14.9. The number of aromatic nitrogens is 2. The Hall–Kier alpha value is -1.75. The summed E-state index contributed by atoms with van der Waals surface area (Å²) >= 11 is 1.51. The third kappa shape index (κ3) is 2.90. The highest BCUT2D eigenvalue weighted by molar-refractivity contribution is 7.99. The Morgan fingerprint density at radius 1 is 1.32 bits per heavy atom. The number of anilines is 1. The highest BCUT2D eigenvalue weighted by Crippen LogP contribution is 2.37. The predicted molar refractivity (Wildman–Crippen MR) is 88.3 cm³/mol. The molecule has 0 unspecified atom stereocenters. The van der Waals surface area contributed by atoms with Crippen LogP contribution >= 0.6 is 11.8 Å². The fraction of sp³-hybridized carbons (Fsp3) is 0.412. The van der Waals surface area contributed by atoms with Crippen LogP contribution in [0.15, 0.2) is 35.7 Å². The quantitative estimate of drug-likeness (QED) is 0.860. The van der Waals surface area contributed by atoms with E-state index >= 15 is 0 Å². The minimum atomic E-state index is 0.0355. The summed E-state index contributed by atoms with van der Waals surface area (Å²) in [5.41, 5.74) is 3.73. The molecule has 0 radical (unpaired) electrons. The van der Waals surface area contributed by atoms with Crippen molar-refractivity contribution in [1.82, 2.24) is 9.55 Å². The van der Waals surface area contributed by atoms with Crippen molar-refractivity contribution in [2.75, 3.05) is 11.1 Å². The second-order valence-corrected chi connectivity index (χ2v) is 6.96. The Balaban J connectivity index is 1.35. The highest BCUT2D eigenvalue weighted by atomic mass is 32.2. The third-order valence-corrected chi connectivity index (χ3v) is 5.27. The summed E-state index contributed by atoms with van der Waals surface area (Å²) in [7, 11) is 0. The number of amides is 1. The van der Waals surface area contributed by atoms with Gasteiger partial charge in [-0.3, -0.25) is 4.79 Å². The molecule has 0 aliphatic heterocycles. The Kier molecular flexibility index (Phi) is 3.66. The zero-order valence-electron chi connectivity index (χ0n) is 12.4. The fourth-order valence-corrected chi connectivity index (χ4v) is 3.85. The minimum Gasteiger partial charge on any atom is -0.325 e. The topological polar surface area (TPSA) is 46.9 Å². The molecule has 1 heterocycles. The number of hydrogen-bond donors (Lipinski definition) is 1. The molecular weight excluding hydrogens is 294 g/mol. The van der Waals surface area contributed by atoms with Crippen molar-refractivity contribution in [2.45, 2.75) is 43.3 Å². The maximum absolute atomic E-state index is 12.1. The van der Waals surface area contributed by atoms with Crippen molar-refractivity contribution in [3.05, 3.63) is 41.7 Å². The molecule has 1 saturated carbocycles. The van der Waals surface area contributed by atoms with Crippen LogP contribution in [-0.2, 0) is 17.6 Å². The van der Waals surface area contributed by atoms with Crippen LogP contribution < -0.4 is 5.32 Å². The molecule has 22 heavy (non-hydrogen) atoms. The molecular formula is C17H19N3OS. The van der Waals surface area contributed by atoms with E-state index in [4.69, 9.17) is 0 Å². The van der Waals surface area contributed by atoms with E-state index in [2.05, 4.69) is 27.0 Å². The molecule has 4 nitrogen and oxygen atoms in total. The van der Waals surface area contributed by atoms with Crippen molar-refractivity contribution in [3.63, 3.8) is 0 Å². The molecule has 1 amide bonds. The van der Waals surface area contributed by atoms with Crippen molar-refractivity contribution in [3.8, 4) is 0 Å². The van der Waals surface area contributed by atoms with Gasteiger partial charge in [-0.2, -0.15) is 0 Å². The summed E-state index contributed by atoms with van der Waals surface area (Å²) < 4.78 is 2.19. The second-order valence-electron chi connectivity index (χ2n) is 6.02. The molecule has 0 bridgehead atoms. The number of thioether (sulfide) groups is 1. The molecule has 2 aliphatic rings. The van der Waals surface area contributed by atoms with Crippen LogP contribution in [0, 0.1) is 0 Å². The average Bonchev–Trinajstić information content (AvgIpc) is 3.08. The summed E-state index contributed by atoms with van der Waals surface area (Å²) in [6.45, 7) is 0. The van der Waals surface area contributed by atoms with Crippen LogP contribution in [0.2, 0.25) is 0 Å². The van der Waals surface area contributed by atoms with Gasteiger partial charge in [-0.15, -0.1) is 0 Å². The summed E-state index contributed by atoms with van der Waals surface area (Å²) in [4.78, 5) is 16.5. The van der Waals surface area contributed by atoms with Gasteiger partial charge in [0, 0.05) is 24.1 Å². The van der Waals surface area contributed by atoms with Gasteiger partial charge in [0.15, 0.2) is 5.16 Å². The van der Waals surface area contributed by atoms with Gasteiger partial charge in [-0.05, 0) is 55.4 Å². The largest absolute Gasteiger partial charge is 0.325 e. The molecule has 5 heteroatoms. The summed E-state index contributed by atoms with van der Waals surface area (Å²) in [5, 5.41) is 3.95. The van der Waals surface area contributed by atoms with Crippen molar-refractivity contribution >= 4 is 23.4 Å². The van der Waals surface area contributed by atoms with Gasteiger partial charge >= 0.3 is 0 Å². The molecule has 1 aromatic carbocycles. The number of rotatable bonds is 5. The maximum atomic E-state index is 12.1. The zero-order valence-corrected chi connectivity index (χ0v) is 13.2. The van der Waals surface area contributed by atoms with E-state index in [-0.39, 0.29) is 5.91 Å². The molecule has 1 N–H and O–H groups in total. The Bertz CT molecular complexity index is 706. The predicted octanol–water partition coefficient (Wildman–Crippen LogP) is 3.44. The van der Waals surface area contributed by atoms with E-state index in [1.807, 2.05) is 18.5 Å². The first-order valence-electron chi connectivity index (χ1n) is 7.87. The van der Waals surface area contributed by atoms with Gasteiger partial charge in [0.2, 0.25) is 5.91 Å². The lowest BCUT2D eigenvalue weighted by molar-refractivity contribution is -0.113. The molecule has 2 aromatic rings. The standard InChI is InChI=1S/C17H19N3OS/c21-16(11-22-17-18-8-9-20(17)15-6-7-15)19-14-5-4-12-2-1-3-13(12)10-14/h4-5,8-10,15H,1-3,6-7,11H2,(H,19,21). The van der Waals surface area contributed by atoms with Crippen LogP contribution in [0.1, 0.15) is 36.4 Å². The number of imidazole rings is 1. The smallest absolute Gasteiger partial charge is 0.234 e. The number of carbonyl (C=O) groups excluding carboxylic acids is 1. The van der Waals surface area contributed by atoms with Crippen molar-refractivity contribution < 1.29 is 4.79 Å². The minimum absolute atomic E-state index is 0.0355. The summed E-state index contributed by atoms with van der Waals surface area (Å²) in [6.07, 6.45) is 9.82. The third-order valence-electron chi connectivity index (χ3n) is 4.29. The first-order chi connectivity index (χ1) is 10.8. The molecule has 1 aromatic heterocycles. The number of benzene rings is 1. The van der Waals surface area contributed by atoms with E-state index in [1.54, 1.807) is 0 Å².